The van der Waals surface area contributed by atoms with E-state index in [1.165, 1.54) is 12.5 Å². The first-order chi connectivity index (χ1) is 4.47. The molecule has 0 spiro atoms. The van der Waals surface area contributed by atoms with E-state index in [0.29, 0.717) is 11.1 Å². The summed E-state index contributed by atoms with van der Waals surface area (Å²) in [6.07, 6.45) is 5.55. The Hall–Kier alpha value is -1.45. The fourth-order valence-electron chi connectivity index (χ4n) is 0.583. The first kappa shape index (κ1) is 4.43. The highest BCUT2D eigenvalue weighted by molar-refractivity contribution is 5.68. The fraction of sp³-hybridized carbons (Fsp3) is 0. The molecule has 0 saturated carbocycles. The molecule has 0 saturated heterocycles. The van der Waals surface area contributed by atoms with Crippen LogP contribution in [0, 0.1) is 6.20 Å². The average Bonchev–Trinajstić information content (AvgIpc) is 2.33. The standard InChI is InChI=1S/C5H2N3O/c1-4-2-8-9-5(4)7-3-6-1/h2-3H. The van der Waals surface area contributed by atoms with Crippen LogP contribution in [0.5, 0.6) is 0 Å². The minimum atomic E-state index is 0.477. The quantitative estimate of drug-likeness (QED) is 0.505. The first-order valence-corrected chi connectivity index (χ1v) is 2.40. The van der Waals surface area contributed by atoms with E-state index in [9.17, 15) is 0 Å². The molecular formula is C5H2N3O. The third-order valence-electron chi connectivity index (χ3n) is 0.969. The summed E-state index contributed by atoms with van der Waals surface area (Å²) in [5.41, 5.74) is 0.477. The zero-order valence-electron chi connectivity index (χ0n) is 4.40. The van der Waals surface area contributed by atoms with Crippen molar-refractivity contribution in [2.45, 2.75) is 0 Å². The monoisotopic (exact) mass is 120 g/mol. The summed E-state index contributed by atoms with van der Waals surface area (Å²) < 4.78 is 4.69. The molecule has 4 nitrogen and oxygen atoms in total. The van der Waals surface area contributed by atoms with Gasteiger partial charge in [0, 0.05) is 0 Å². The minimum absolute atomic E-state index is 0.477. The molecule has 0 N–H and O–H groups in total. The van der Waals surface area contributed by atoms with Crippen molar-refractivity contribution in [3.05, 3.63) is 18.7 Å². The molecule has 9 heavy (non-hydrogen) atoms. The van der Waals surface area contributed by atoms with Gasteiger partial charge >= 0.3 is 0 Å². The molecule has 0 aliphatic rings. The second-order valence-electron chi connectivity index (χ2n) is 1.53. The smallest absolute Gasteiger partial charge is 0.261 e. The van der Waals surface area contributed by atoms with Gasteiger partial charge < -0.3 is 4.52 Å². The Morgan fingerprint density at radius 3 is 3.44 bits per heavy atom. The van der Waals surface area contributed by atoms with Crippen LogP contribution in [0.3, 0.4) is 0 Å². The lowest BCUT2D eigenvalue weighted by Crippen LogP contribution is -1.73. The maximum atomic E-state index is 4.69. The Morgan fingerprint density at radius 1 is 1.56 bits per heavy atom. The van der Waals surface area contributed by atoms with E-state index in [4.69, 9.17) is 0 Å². The van der Waals surface area contributed by atoms with Crippen molar-refractivity contribution in [3.63, 3.8) is 0 Å². The van der Waals surface area contributed by atoms with Crippen LogP contribution < -0.4 is 0 Å². The van der Waals surface area contributed by atoms with Gasteiger partial charge in [0.25, 0.3) is 5.71 Å². The van der Waals surface area contributed by atoms with Crippen molar-refractivity contribution < 1.29 is 4.52 Å². The Kier molecular flexibility index (Phi) is 0.745. The molecule has 4 heteroatoms. The molecule has 0 fully saturated rings. The minimum Gasteiger partial charge on any atom is -0.336 e. The molecule has 0 aromatic carbocycles. The molecule has 0 amide bonds. The van der Waals surface area contributed by atoms with Crippen LogP contribution in [-0.2, 0) is 0 Å². The first-order valence-electron chi connectivity index (χ1n) is 2.40. The maximum Gasteiger partial charge on any atom is 0.261 e. The zero-order chi connectivity index (χ0) is 6.10. The van der Waals surface area contributed by atoms with Crippen LogP contribution in [-0.4, -0.2) is 15.1 Å². The highest BCUT2D eigenvalue weighted by Gasteiger charge is 1.95. The Morgan fingerprint density at radius 2 is 2.56 bits per heavy atom. The van der Waals surface area contributed by atoms with Gasteiger partial charge in [-0.15, -0.1) is 0 Å². The molecule has 0 aliphatic carbocycles. The molecule has 0 aliphatic heterocycles. The van der Waals surface area contributed by atoms with Gasteiger partial charge in [-0.25, -0.2) is 4.98 Å². The van der Waals surface area contributed by atoms with E-state index in [-0.39, 0.29) is 0 Å². The van der Waals surface area contributed by atoms with Crippen LogP contribution in [0.2, 0.25) is 0 Å². The van der Waals surface area contributed by atoms with Crippen molar-refractivity contribution in [1.29, 1.82) is 0 Å². The van der Waals surface area contributed by atoms with Gasteiger partial charge in [-0.3, -0.25) is 0 Å². The molecule has 0 unspecified atom stereocenters. The van der Waals surface area contributed by atoms with Crippen molar-refractivity contribution in [3.8, 4) is 0 Å². The van der Waals surface area contributed by atoms with Crippen molar-refractivity contribution in [1.82, 2.24) is 15.1 Å². The van der Waals surface area contributed by atoms with E-state index in [1.807, 2.05) is 0 Å². The normalized spacial score (nSPS) is 10.2. The highest BCUT2D eigenvalue weighted by Crippen LogP contribution is 2.04. The molecule has 2 heterocycles. The molecule has 0 atom stereocenters. The Labute approximate surface area is 50.5 Å². The largest absolute Gasteiger partial charge is 0.336 e. The van der Waals surface area contributed by atoms with E-state index in [0.717, 1.165) is 0 Å². The van der Waals surface area contributed by atoms with Crippen LogP contribution in [0.25, 0.3) is 11.1 Å². The second-order valence-corrected chi connectivity index (χ2v) is 1.53. The molecular weight excluding hydrogens is 118 g/mol. The van der Waals surface area contributed by atoms with Gasteiger partial charge in [0.1, 0.15) is 12.5 Å². The summed E-state index contributed by atoms with van der Waals surface area (Å²) in [5.74, 6) is 0. The summed E-state index contributed by atoms with van der Waals surface area (Å²) in [6.45, 7) is 0. The van der Waals surface area contributed by atoms with Crippen LogP contribution >= 0.6 is 0 Å². The van der Waals surface area contributed by atoms with Crippen molar-refractivity contribution in [2.75, 3.05) is 0 Å². The number of fused-ring (bicyclic) bond motifs is 1. The van der Waals surface area contributed by atoms with E-state index in [1.54, 1.807) is 0 Å². The van der Waals surface area contributed by atoms with E-state index < -0.39 is 0 Å². The van der Waals surface area contributed by atoms with E-state index in [2.05, 4.69) is 25.8 Å². The predicted molar refractivity (Wildman–Crippen MR) is 28.4 cm³/mol. The number of nitrogens with zero attached hydrogens (tertiary/aromatic N) is 3. The lowest BCUT2D eigenvalue weighted by molar-refractivity contribution is 0.448. The van der Waals surface area contributed by atoms with Gasteiger partial charge in [-0.05, 0) is 0 Å². The molecule has 2 aromatic rings. The van der Waals surface area contributed by atoms with Gasteiger partial charge in [-0.2, -0.15) is 4.98 Å². The predicted octanol–water partition coefficient (Wildman–Crippen LogP) is 0.418. The number of aromatic nitrogens is 3. The number of rotatable bonds is 0. The van der Waals surface area contributed by atoms with Crippen molar-refractivity contribution in [2.24, 2.45) is 0 Å². The lowest BCUT2D eigenvalue weighted by Gasteiger charge is -1.76. The topological polar surface area (TPSA) is 51.8 Å². The molecule has 2 rings (SSSR count). The third-order valence-corrected chi connectivity index (χ3v) is 0.969. The highest BCUT2D eigenvalue weighted by atomic mass is 16.5. The van der Waals surface area contributed by atoms with Gasteiger partial charge in [-0.1, -0.05) is 5.16 Å². The average molecular weight is 120 g/mol. The van der Waals surface area contributed by atoms with Gasteiger partial charge in [0.05, 0.1) is 11.6 Å². The fourth-order valence-corrected chi connectivity index (χ4v) is 0.583. The summed E-state index contributed by atoms with van der Waals surface area (Å²) in [4.78, 5) is 7.42. The number of hydrogen-bond acceptors (Lipinski definition) is 4. The zero-order valence-corrected chi connectivity index (χ0v) is 4.40. The van der Waals surface area contributed by atoms with Crippen LogP contribution in [0.1, 0.15) is 0 Å². The maximum absolute atomic E-state index is 4.69. The number of hydrogen-bond donors (Lipinski definition) is 0. The molecule has 1 radical (unpaired) electrons. The van der Waals surface area contributed by atoms with Crippen LogP contribution in [0.15, 0.2) is 17.0 Å². The summed E-state index contributed by atoms with van der Waals surface area (Å²) >= 11 is 0. The summed E-state index contributed by atoms with van der Waals surface area (Å²) in [6, 6.07) is 0. The second kappa shape index (κ2) is 1.51. The Balaban J connectivity index is 2.95. The molecule has 2 aromatic heterocycles. The SMILES string of the molecule is [c]1ncnc2oncc12. The summed E-state index contributed by atoms with van der Waals surface area (Å²) in [7, 11) is 0. The third kappa shape index (κ3) is 0.561. The van der Waals surface area contributed by atoms with Crippen LogP contribution in [0.4, 0.5) is 0 Å². The van der Waals surface area contributed by atoms with E-state index >= 15 is 0 Å². The van der Waals surface area contributed by atoms with Gasteiger partial charge in [0.15, 0.2) is 0 Å². The van der Waals surface area contributed by atoms with Crippen molar-refractivity contribution >= 4 is 11.1 Å². The summed E-state index contributed by atoms with van der Waals surface area (Å²) in [5, 5.41) is 4.20. The molecule has 43 valence electrons. The Bertz CT molecular complexity index is 286. The molecule has 0 bridgehead atoms. The van der Waals surface area contributed by atoms with Gasteiger partial charge in [0.2, 0.25) is 0 Å². The lowest BCUT2D eigenvalue weighted by atomic mass is 10.5.